The quantitative estimate of drug-likeness (QED) is 0.659. The molecule has 2 fully saturated rings. The highest BCUT2D eigenvalue weighted by atomic mass is 32.2. The molecule has 0 spiro atoms. The lowest BCUT2D eigenvalue weighted by Crippen LogP contribution is -2.56. The Hall–Kier alpha value is -0.700. The van der Waals surface area contributed by atoms with Gasteiger partial charge >= 0.3 is 5.97 Å². The highest BCUT2D eigenvalue weighted by Gasteiger charge is 2.40. The molecule has 1 aliphatic heterocycles. The lowest BCUT2D eigenvalue weighted by atomic mass is 10.0. The van der Waals surface area contributed by atoms with Crippen LogP contribution >= 0.6 is 0 Å². The Morgan fingerprint density at radius 2 is 1.95 bits per heavy atom. The molecule has 2 aliphatic rings. The van der Waals surface area contributed by atoms with Crippen LogP contribution in [-0.4, -0.2) is 54.1 Å². The summed E-state index contributed by atoms with van der Waals surface area (Å²) >= 11 is 0. The van der Waals surface area contributed by atoms with Crippen LogP contribution in [0.1, 0.15) is 38.5 Å². The van der Waals surface area contributed by atoms with Gasteiger partial charge in [0.1, 0.15) is 0 Å². The number of nitrogens with one attached hydrogen (secondary N) is 1. The maximum atomic E-state index is 12.4. The number of nitrogens with zero attached hydrogens (tertiary/aromatic N) is 1. The van der Waals surface area contributed by atoms with E-state index in [9.17, 15) is 18.3 Å². The maximum absolute atomic E-state index is 12.4. The van der Waals surface area contributed by atoms with Crippen LogP contribution in [0.2, 0.25) is 0 Å². The Kier molecular flexibility index (Phi) is 4.68. The summed E-state index contributed by atoms with van der Waals surface area (Å²) in [5, 5.41) is 18.5. The van der Waals surface area contributed by atoms with Crippen molar-refractivity contribution in [2.24, 2.45) is 5.92 Å². The van der Waals surface area contributed by atoms with E-state index in [-0.39, 0.29) is 13.2 Å². The van der Waals surface area contributed by atoms with Crippen LogP contribution in [0.5, 0.6) is 0 Å². The van der Waals surface area contributed by atoms with Gasteiger partial charge in [-0.25, -0.2) is 0 Å². The van der Waals surface area contributed by atoms with Crippen LogP contribution in [0.25, 0.3) is 0 Å². The van der Waals surface area contributed by atoms with E-state index in [0.717, 1.165) is 12.8 Å². The molecule has 3 N–H and O–H groups in total. The van der Waals surface area contributed by atoms with Crippen molar-refractivity contribution in [1.82, 2.24) is 9.03 Å². The zero-order valence-corrected chi connectivity index (χ0v) is 12.2. The fourth-order valence-corrected chi connectivity index (χ4v) is 4.74. The highest BCUT2D eigenvalue weighted by Crippen LogP contribution is 2.31. The molecule has 1 aliphatic carbocycles. The Bertz CT molecular complexity index is 458. The van der Waals surface area contributed by atoms with Crippen molar-refractivity contribution in [2.45, 2.75) is 44.1 Å². The number of carboxylic acids is 1. The molecule has 1 atom stereocenters. The fourth-order valence-electron chi connectivity index (χ4n) is 3.04. The number of hydrogen-bond acceptors (Lipinski definition) is 4. The van der Waals surface area contributed by atoms with E-state index in [0.29, 0.717) is 32.2 Å². The summed E-state index contributed by atoms with van der Waals surface area (Å²) in [6.45, 7) is 0.120. The molecule has 1 saturated heterocycles. The minimum atomic E-state index is -3.74. The first kappa shape index (κ1) is 15.7. The molecule has 1 unspecified atom stereocenters. The normalized spacial score (nSPS) is 27.6. The van der Waals surface area contributed by atoms with Crippen molar-refractivity contribution in [3.05, 3.63) is 0 Å². The summed E-state index contributed by atoms with van der Waals surface area (Å²) in [4.78, 5) is 11.0. The van der Waals surface area contributed by atoms with Crippen molar-refractivity contribution < 1.29 is 23.4 Å². The van der Waals surface area contributed by atoms with Gasteiger partial charge in [-0.3, -0.25) is 4.79 Å². The van der Waals surface area contributed by atoms with Gasteiger partial charge in [-0.05, 0) is 25.7 Å². The fraction of sp³-hybridized carbons (Fsp3) is 0.917. The number of rotatable bonds is 5. The van der Waals surface area contributed by atoms with E-state index >= 15 is 0 Å². The van der Waals surface area contributed by atoms with Crippen LogP contribution in [0.15, 0.2) is 0 Å². The monoisotopic (exact) mass is 306 g/mol. The number of hydrogen-bond donors (Lipinski definition) is 3. The summed E-state index contributed by atoms with van der Waals surface area (Å²) in [5.74, 6) is -1.60. The largest absolute Gasteiger partial charge is 0.481 e. The van der Waals surface area contributed by atoms with Gasteiger partial charge in [-0.2, -0.15) is 17.4 Å². The molecule has 2 rings (SSSR count). The van der Waals surface area contributed by atoms with Crippen molar-refractivity contribution in [1.29, 1.82) is 0 Å². The molecule has 1 heterocycles. The second kappa shape index (κ2) is 5.97. The summed E-state index contributed by atoms with van der Waals surface area (Å²) < 4.78 is 28.6. The predicted octanol–water partition coefficient (Wildman–Crippen LogP) is -0.0775. The van der Waals surface area contributed by atoms with E-state index in [2.05, 4.69) is 4.72 Å². The maximum Gasteiger partial charge on any atom is 0.307 e. The van der Waals surface area contributed by atoms with Gasteiger partial charge in [0, 0.05) is 13.1 Å². The van der Waals surface area contributed by atoms with Gasteiger partial charge in [-0.1, -0.05) is 12.8 Å². The minimum absolute atomic E-state index is 0.00613. The zero-order valence-electron chi connectivity index (χ0n) is 11.4. The molecule has 7 nitrogen and oxygen atoms in total. The second-order valence-electron chi connectivity index (χ2n) is 5.79. The Labute approximate surface area is 119 Å². The van der Waals surface area contributed by atoms with Crippen LogP contribution in [0.4, 0.5) is 0 Å². The molecule has 20 heavy (non-hydrogen) atoms. The van der Waals surface area contributed by atoms with Crippen molar-refractivity contribution in [2.75, 3.05) is 19.7 Å². The Morgan fingerprint density at radius 3 is 2.50 bits per heavy atom. The first-order valence-electron chi connectivity index (χ1n) is 7.01. The van der Waals surface area contributed by atoms with E-state index in [1.165, 1.54) is 4.31 Å². The van der Waals surface area contributed by atoms with Gasteiger partial charge in [0.2, 0.25) is 0 Å². The lowest BCUT2D eigenvalue weighted by Gasteiger charge is -2.34. The standard InChI is InChI=1S/C12H22N2O5S/c15-9-12(5-1-2-6-12)13-20(18,19)14-7-3-4-10(8-14)11(16)17/h10,13,15H,1-9H2,(H,16,17). The Balaban J connectivity index is 2.07. The zero-order chi connectivity index (χ0) is 14.8. The number of carboxylic acid groups (broad SMARTS) is 1. The number of aliphatic carboxylic acids is 1. The molecule has 0 aromatic carbocycles. The molecule has 0 aromatic heterocycles. The van der Waals surface area contributed by atoms with E-state index in [1.807, 2.05) is 0 Å². The molecule has 0 aromatic rings. The average Bonchev–Trinajstić information content (AvgIpc) is 2.87. The smallest absolute Gasteiger partial charge is 0.307 e. The molecule has 1 saturated carbocycles. The highest BCUT2D eigenvalue weighted by molar-refractivity contribution is 7.87. The van der Waals surface area contributed by atoms with Crippen LogP contribution in [-0.2, 0) is 15.0 Å². The van der Waals surface area contributed by atoms with E-state index in [1.54, 1.807) is 0 Å². The van der Waals surface area contributed by atoms with Gasteiger partial charge in [0.15, 0.2) is 0 Å². The van der Waals surface area contributed by atoms with Gasteiger partial charge in [-0.15, -0.1) is 0 Å². The van der Waals surface area contributed by atoms with Crippen molar-refractivity contribution in [3.8, 4) is 0 Å². The molecule has 0 bridgehead atoms. The predicted molar refractivity (Wildman–Crippen MR) is 72.3 cm³/mol. The molecule has 0 amide bonds. The molecule has 116 valence electrons. The molecule has 8 heteroatoms. The van der Waals surface area contributed by atoms with Crippen LogP contribution < -0.4 is 4.72 Å². The van der Waals surface area contributed by atoms with Crippen LogP contribution in [0, 0.1) is 5.92 Å². The summed E-state index contributed by atoms with van der Waals surface area (Å²) in [6, 6.07) is 0. The van der Waals surface area contributed by atoms with Crippen molar-refractivity contribution in [3.63, 3.8) is 0 Å². The SMILES string of the molecule is O=C(O)C1CCCN(S(=O)(=O)NC2(CO)CCCC2)C1. The van der Waals surface area contributed by atoms with Gasteiger partial charge in [0.25, 0.3) is 10.2 Å². The topological polar surface area (TPSA) is 107 Å². The van der Waals surface area contributed by atoms with Crippen molar-refractivity contribution >= 4 is 16.2 Å². The van der Waals surface area contributed by atoms with E-state index < -0.39 is 27.6 Å². The van der Waals surface area contributed by atoms with E-state index in [4.69, 9.17) is 5.11 Å². The number of piperidine rings is 1. The van der Waals surface area contributed by atoms with Gasteiger partial charge in [0.05, 0.1) is 18.1 Å². The third-order valence-electron chi connectivity index (χ3n) is 4.28. The molecule has 0 radical (unpaired) electrons. The van der Waals surface area contributed by atoms with Gasteiger partial charge < -0.3 is 10.2 Å². The summed E-state index contributed by atoms with van der Waals surface area (Å²) in [6.07, 6.45) is 4.08. The number of aliphatic hydroxyl groups is 1. The third kappa shape index (κ3) is 3.30. The second-order valence-corrected chi connectivity index (χ2v) is 7.46. The lowest BCUT2D eigenvalue weighted by molar-refractivity contribution is -0.142. The summed E-state index contributed by atoms with van der Waals surface area (Å²) in [7, 11) is -3.74. The number of aliphatic hydroxyl groups excluding tert-OH is 1. The minimum Gasteiger partial charge on any atom is -0.481 e. The number of carbonyl (C=O) groups is 1. The van der Waals surface area contributed by atoms with Crippen LogP contribution in [0.3, 0.4) is 0 Å². The first-order valence-corrected chi connectivity index (χ1v) is 8.45. The summed E-state index contributed by atoms with van der Waals surface area (Å²) in [5.41, 5.74) is -0.769. The first-order chi connectivity index (χ1) is 9.38. The average molecular weight is 306 g/mol. The molecular weight excluding hydrogens is 284 g/mol. The third-order valence-corrected chi connectivity index (χ3v) is 5.98. The Morgan fingerprint density at radius 1 is 1.30 bits per heavy atom. The molecular formula is C12H22N2O5S.